The molecule has 0 spiro atoms. The van der Waals surface area contributed by atoms with Crippen LogP contribution in [0.15, 0.2) is 0 Å². The second-order valence-electron chi connectivity index (χ2n) is 4.15. The van der Waals surface area contributed by atoms with Crippen LogP contribution in [0.3, 0.4) is 0 Å². The molecule has 1 atom stereocenters. The number of carbonyl (C=O) groups is 1. The van der Waals surface area contributed by atoms with E-state index in [1.165, 1.54) is 25.0 Å². The van der Waals surface area contributed by atoms with Crippen molar-refractivity contribution in [3.8, 4) is 0 Å². The number of carbonyl (C=O) groups excluding carboxylic acids is 3. The molecule has 1 amide bonds. The van der Waals surface area contributed by atoms with Crippen LogP contribution in [0.4, 0.5) is 0 Å². The first-order valence-electron chi connectivity index (χ1n) is 6.49. The maximum atomic E-state index is 11.4. The molecule has 3 N–H and O–H groups in total. The Hall–Kier alpha value is -0.490. The highest BCUT2D eigenvalue weighted by Crippen LogP contribution is 2.39. The third-order valence-corrected chi connectivity index (χ3v) is 5.62. The molecule has 0 radical (unpaired) electrons. The second kappa shape index (κ2) is 13.9. The fraction of sp³-hybridized carbons (Fsp3) is 0.833. The molecule has 1 rings (SSSR count). The Morgan fingerprint density at radius 3 is 2.63 bits per heavy atom. The van der Waals surface area contributed by atoms with E-state index in [1.807, 2.05) is 21.6 Å². The fourth-order valence-corrected chi connectivity index (χ4v) is 4.67. The van der Waals surface area contributed by atoms with Crippen LogP contribution in [0.1, 0.15) is 38.5 Å². The smallest absolute Gasteiger partial charge is 0.356 e. The first kappa shape index (κ1) is 18.5. The maximum absolute atomic E-state index is 11.4. The highest BCUT2D eigenvalue weighted by Gasteiger charge is 2.15. The Bertz CT molecular complexity index is 266. The van der Waals surface area contributed by atoms with Gasteiger partial charge in [0.15, 0.2) is 0 Å². The van der Waals surface area contributed by atoms with Gasteiger partial charge in [0.1, 0.15) is 0 Å². The highest BCUT2D eigenvalue weighted by molar-refractivity contribution is 8.77. The standard InChI is InChI=1S/C11H22N2OS2.CO2/c12-7-3-8-13-11(14)5-2-1-4-10-6-9-15-16-10;2-1-3/h10H,1-9,12H2,(H,13,14);/t10-;/m1./s1. The molecular formula is C12H22N2O3S2. The van der Waals surface area contributed by atoms with Gasteiger partial charge in [0.2, 0.25) is 5.91 Å². The number of hydrogen-bond acceptors (Lipinski definition) is 6. The van der Waals surface area contributed by atoms with Crippen molar-refractivity contribution < 1.29 is 14.4 Å². The SMILES string of the molecule is NCCCNC(=O)CCCC[C@@H]1CCSS1.O=C=O. The molecule has 1 fully saturated rings. The molecule has 0 aliphatic carbocycles. The largest absolute Gasteiger partial charge is 0.373 e. The minimum atomic E-state index is 0.182. The van der Waals surface area contributed by atoms with Crippen molar-refractivity contribution in [3.63, 3.8) is 0 Å². The van der Waals surface area contributed by atoms with Gasteiger partial charge in [0.05, 0.1) is 0 Å². The van der Waals surface area contributed by atoms with Crippen LogP contribution < -0.4 is 11.1 Å². The number of hydrogen-bond donors (Lipinski definition) is 2. The van der Waals surface area contributed by atoms with Gasteiger partial charge in [-0.2, -0.15) is 9.59 Å². The average Bonchev–Trinajstić information content (AvgIpc) is 2.89. The molecule has 5 nitrogen and oxygen atoms in total. The number of rotatable bonds is 8. The molecule has 1 heterocycles. The van der Waals surface area contributed by atoms with Gasteiger partial charge in [0, 0.05) is 24.0 Å². The van der Waals surface area contributed by atoms with Crippen LogP contribution in [0.25, 0.3) is 0 Å². The summed E-state index contributed by atoms with van der Waals surface area (Å²) in [5, 5.41) is 3.72. The zero-order valence-corrected chi connectivity index (χ0v) is 12.7. The Labute approximate surface area is 122 Å². The summed E-state index contributed by atoms with van der Waals surface area (Å²) in [5.41, 5.74) is 5.35. The van der Waals surface area contributed by atoms with Crippen molar-refractivity contribution in [3.05, 3.63) is 0 Å². The molecule has 0 saturated carbocycles. The Morgan fingerprint density at radius 1 is 1.32 bits per heavy atom. The monoisotopic (exact) mass is 306 g/mol. The molecule has 1 aliphatic rings. The molecule has 0 unspecified atom stereocenters. The van der Waals surface area contributed by atoms with Gasteiger partial charge in [-0.15, -0.1) is 0 Å². The summed E-state index contributed by atoms with van der Waals surface area (Å²) in [6.45, 7) is 1.38. The maximum Gasteiger partial charge on any atom is 0.373 e. The lowest BCUT2D eigenvalue weighted by Crippen LogP contribution is -2.25. The van der Waals surface area contributed by atoms with Gasteiger partial charge in [-0.05, 0) is 32.2 Å². The van der Waals surface area contributed by atoms with Crippen LogP contribution in [-0.4, -0.2) is 36.2 Å². The lowest BCUT2D eigenvalue weighted by Gasteiger charge is -2.07. The normalized spacial score (nSPS) is 17.2. The van der Waals surface area contributed by atoms with E-state index in [-0.39, 0.29) is 12.1 Å². The van der Waals surface area contributed by atoms with Gasteiger partial charge in [-0.3, -0.25) is 4.79 Å². The Morgan fingerprint density at radius 2 is 2.05 bits per heavy atom. The minimum absolute atomic E-state index is 0.182. The van der Waals surface area contributed by atoms with Crippen molar-refractivity contribution in [2.45, 2.75) is 43.8 Å². The average molecular weight is 306 g/mol. The van der Waals surface area contributed by atoms with Gasteiger partial charge in [0.25, 0.3) is 0 Å². The molecular weight excluding hydrogens is 284 g/mol. The molecule has 0 bridgehead atoms. The number of nitrogens with one attached hydrogen (secondary N) is 1. The molecule has 110 valence electrons. The topological polar surface area (TPSA) is 89.3 Å². The molecule has 0 aromatic heterocycles. The van der Waals surface area contributed by atoms with E-state index in [4.69, 9.17) is 15.3 Å². The lowest BCUT2D eigenvalue weighted by atomic mass is 10.1. The Balaban J connectivity index is 0.000000982. The third kappa shape index (κ3) is 12.3. The van der Waals surface area contributed by atoms with Crippen LogP contribution in [0.2, 0.25) is 0 Å². The van der Waals surface area contributed by atoms with E-state index in [2.05, 4.69) is 5.32 Å². The molecule has 7 heteroatoms. The van der Waals surface area contributed by atoms with E-state index in [0.717, 1.165) is 24.6 Å². The van der Waals surface area contributed by atoms with Crippen molar-refractivity contribution in [1.82, 2.24) is 5.32 Å². The van der Waals surface area contributed by atoms with Gasteiger partial charge in [-0.25, -0.2) is 0 Å². The zero-order chi connectivity index (χ0) is 14.3. The molecule has 1 saturated heterocycles. The van der Waals surface area contributed by atoms with Gasteiger partial charge >= 0.3 is 6.15 Å². The zero-order valence-electron chi connectivity index (χ0n) is 11.1. The Kier molecular flexibility index (Phi) is 13.6. The highest BCUT2D eigenvalue weighted by atomic mass is 33.1. The number of nitrogens with two attached hydrogens (primary N) is 1. The summed E-state index contributed by atoms with van der Waals surface area (Å²) < 4.78 is 0. The van der Waals surface area contributed by atoms with E-state index in [1.54, 1.807) is 0 Å². The third-order valence-electron chi connectivity index (χ3n) is 2.61. The van der Waals surface area contributed by atoms with Crippen molar-refractivity contribution in [2.24, 2.45) is 5.73 Å². The van der Waals surface area contributed by atoms with E-state index >= 15 is 0 Å². The predicted molar refractivity (Wildman–Crippen MR) is 78.6 cm³/mol. The minimum Gasteiger partial charge on any atom is -0.356 e. The molecule has 0 aromatic rings. The second-order valence-corrected chi connectivity index (χ2v) is 6.94. The summed E-state index contributed by atoms with van der Waals surface area (Å²) >= 11 is 0. The first-order valence-corrected chi connectivity index (χ1v) is 8.87. The predicted octanol–water partition coefficient (Wildman–Crippen LogP) is 1.58. The summed E-state index contributed by atoms with van der Waals surface area (Å²) in [4.78, 5) is 27.6. The van der Waals surface area contributed by atoms with E-state index in [9.17, 15) is 4.79 Å². The van der Waals surface area contributed by atoms with Crippen molar-refractivity contribution in [1.29, 1.82) is 0 Å². The van der Waals surface area contributed by atoms with Crippen LogP contribution in [-0.2, 0) is 14.4 Å². The van der Waals surface area contributed by atoms with E-state index in [0.29, 0.717) is 13.0 Å². The van der Waals surface area contributed by atoms with Crippen molar-refractivity contribution >= 4 is 33.6 Å². The van der Waals surface area contributed by atoms with Gasteiger partial charge in [-0.1, -0.05) is 28.0 Å². The molecule has 19 heavy (non-hydrogen) atoms. The number of unbranched alkanes of at least 4 members (excludes halogenated alkanes) is 1. The van der Waals surface area contributed by atoms with Crippen molar-refractivity contribution in [2.75, 3.05) is 18.8 Å². The molecule has 0 aromatic carbocycles. The van der Waals surface area contributed by atoms with Crippen LogP contribution in [0, 0.1) is 0 Å². The molecule has 1 aliphatic heterocycles. The first-order chi connectivity index (χ1) is 9.24. The summed E-state index contributed by atoms with van der Waals surface area (Å²) in [6.07, 6.45) is 6.63. The summed E-state index contributed by atoms with van der Waals surface area (Å²) in [7, 11) is 4.01. The summed E-state index contributed by atoms with van der Waals surface area (Å²) in [6, 6.07) is 0. The number of amides is 1. The van der Waals surface area contributed by atoms with Crippen LogP contribution in [0.5, 0.6) is 0 Å². The van der Waals surface area contributed by atoms with E-state index < -0.39 is 0 Å². The summed E-state index contributed by atoms with van der Waals surface area (Å²) in [5.74, 6) is 1.48. The fourth-order valence-electron chi connectivity index (χ4n) is 1.64. The lowest BCUT2D eigenvalue weighted by molar-refractivity contribution is -0.191. The van der Waals surface area contributed by atoms with Gasteiger partial charge < -0.3 is 11.1 Å². The van der Waals surface area contributed by atoms with Crippen LogP contribution >= 0.6 is 21.6 Å². The quantitative estimate of drug-likeness (QED) is 0.523.